The number of nitrogen functional groups attached to an aromatic ring is 1. The van der Waals surface area contributed by atoms with Crippen molar-refractivity contribution in [2.24, 2.45) is 0 Å². The van der Waals surface area contributed by atoms with Crippen molar-refractivity contribution >= 4 is 17.4 Å². The second kappa shape index (κ2) is 4.68. The van der Waals surface area contributed by atoms with E-state index in [1.54, 1.807) is 11.8 Å². The average Bonchev–Trinajstić information content (AvgIpc) is 2.70. The molecule has 14 heavy (non-hydrogen) atoms. The van der Waals surface area contributed by atoms with Crippen LogP contribution in [0.4, 0.5) is 5.69 Å². The molecule has 1 aliphatic rings. The van der Waals surface area contributed by atoms with Crippen molar-refractivity contribution in [1.29, 1.82) is 0 Å². The first-order valence-corrected chi connectivity index (χ1v) is 5.51. The number of thioether (sulfide) groups is 1. The first-order valence-electron chi connectivity index (χ1n) is 4.52. The first-order chi connectivity index (χ1) is 6.84. The van der Waals surface area contributed by atoms with Gasteiger partial charge in [-0.25, -0.2) is 0 Å². The zero-order valence-electron chi connectivity index (χ0n) is 7.81. The third-order valence-corrected chi connectivity index (χ3v) is 3.15. The van der Waals surface area contributed by atoms with Crippen LogP contribution >= 0.6 is 11.8 Å². The largest absolute Gasteiger partial charge is 0.399 e. The maximum absolute atomic E-state index is 5.59. The van der Waals surface area contributed by atoms with Crippen molar-refractivity contribution in [3.8, 4) is 0 Å². The minimum atomic E-state index is 0.234. The normalized spacial score (nSPS) is 21.3. The number of ether oxygens (including phenoxy) is 2. The lowest BCUT2D eigenvalue weighted by atomic mass is 10.3. The predicted octanol–water partition coefficient (Wildman–Crippen LogP) is 1.73. The summed E-state index contributed by atoms with van der Waals surface area (Å²) < 4.78 is 10.4. The average molecular weight is 211 g/mol. The molecule has 1 saturated heterocycles. The van der Waals surface area contributed by atoms with E-state index in [0.717, 1.165) is 11.4 Å². The fraction of sp³-hybridized carbons (Fsp3) is 0.400. The van der Waals surface area contributed by atoms with Gasteiger partial charge in [-0.1, -0.05) is 0 Å². The van der Waals surface area contributed by atoms with Crippen molar-refractivity contribution in [2.75, 3.05) is 24.9 Å². The molecule has 1 fully saturated rings. The Morgan fingerprint density at radius 1 is 1.36 bits per heavy atom. The first kappa shape index (κ1) is 9.83. The van der Waals surface area contributed by atoms with Gasteiger partial charge in [-0.05, 0) is 24.3 Å². The van der Waals surface area contributed by atoms with Gasteiger partial charge in [0.15, 0.2) is 0 Å². The Morgan fingerprint density at radius 3 is 2.79 bits per heavy atom. The van der Waals surface area contributed by atoms with Crippen molar-refractivity contribution in [3.63, 3.8) is 0 Å². The van der Waals surface area contributed by atoms with Crippen LogP contribution in [-0.4, -0.2) is 25.3 Å². The van der Waals surface area contributed by atoms with E-state index in [-0.39, 0.29) is 6.10 Å². The molecule has 0 radical (unpaired) electrons. The molecule has 3 nitrogen and oxygen atoms in total. The van der Waals surface area contributed by atoms with Gasteiger partial charge >= 0.3 is 0 Å². The standard InChI is InChI=1S/C10H13NO2S/c11-8-1-3-10(4-2-8)14-6-9-5-12-7-13-9/h1-4,9H,5-7,11H2. The maximum Gasteiger partial charge on any atom is 0.147 e. The van der Waals surface area contributed by atoms with Crippen molar-refractivity contribution in [2.45, 2.75) is 11.0 Å². The minimum absolute atomic E-state index is 0.234. The summed E-state index contributed by atoms with van der Waals surface area (Å²) in [5.41, 5.74) is 6.39. The molecule has 4 heteroatoms. The van der Waals surface area contributed by atoms with Crippen molar-refractivity contribution in [3.05, 3.63) is 24.3 Å². The molecule has 1 aromatic carbocycles. The van der Waals surface area contributed by atoms with E-state index in [9.17, 15) is 0 Å². The molecule has 2 N–H and O–H groups in total. The Kier molecular flexibility index (Phi) is 3.29. The topological polar surface area (TPSA) is 44.5 Å². The number of hydrogen-bond donors (Lipinski definition) is 1. The fourth-order valence-electron chi connectivity index (χ4n) is 1.22. The van der Waals surface area contributed by atoms with E-state index < -0.39 is 0 Å². The summed E-state index contributed by atoms with van der Waals surface area (Å²) in [6.07, 6.45) is 0.234. The summed E-state index contributed by atoms with van der Waals surface area (Å²) >= 11 is 1.77. The lowest BCUT2D eigenvalue weighted by Crippen LogP contribution is -2.12. The van der Waals surface area contributed by atoms with E-state index in [4.69, 9.17) is 15.2 Å². The Balaban J connectivity index is 1.82. The lowest BCUT2D eigenvalue weighted by Gasteiger charge is -2.06. The molecule has 2 rings (SSSR count). The summed E-state index contributed by atoms with van der Waals surface area (Å²) in [4.78, 5) is 1.22. The summed E-state index contributed by atoms with van der Waals surface area (Å²) in [6, 6.07) is 7.87. The Bertz CT molecular complexity index is 283. The summed E-state index contributed by atoms with van der Waals surface area (Å²) in [7, 11) is 0. The van der Waals surface area contributed by atoms with E-state index in [1.807, 2.05) is 24.3 Å². The fourth-order valence-corrected chi connectivity index (χ4v) is 2.12. The quantitative estimate of drug-likeness (QED) is 0.611. The van der Waals surface area contributed by atoms with Crippen LogP contribution in [0.2, 0.25) is 0 Å². The summed E-state index contributed by atoms with van der Waals surface area (Å²) in [6.45, 7) is 1.15. The van der Waals surface area contributed by atoms with Crippen LogP contribution in [-0.2, 0) is 9.47 Å². The molecular weight excluding hydrogens is 198 g/mol. The maximum atomic E-state index is 5.59. The third-order valence-electron chi connectivity index (χ3n) is 2.01. The molecule has 0 aliphatic carbocycles. The van der Waals surface area contributed by atoms with Gasteiger partial charge in [-0.3, -0.25) is 0 Å². The number of anilines is 1. The second-order valence-corrected chi connectivity index (χ2v) is 4.25. The van der Waals surface area contributed by atoms with Gasteiger partial charge in [-0.2, -0.15) is 0 Å². The molecule has 0 aromatic heterocycles. The van der Waals surface area contributed by atoms with Crippen LogP contribution in [0, 0.1) is 0 Å². The van der Waals surface area contributed by atoms with Gasteiger partial charge in [0.25, 0.3) is 0 Å². The van der Waals surface area contributed by atoms with E-state index in [0.29, 0.717) is 13.4 Å². The number of rotatable bonds is 3. The van der Waals surface area contributed by atoms with E-state index >= 15 is 0 Å². The summed E-state index contributed by atoms with van der Waals surface area (Å²) in [5.74, 6) is 0.934. The van der Waals surface area contributed by atoms with Crippen molar-refractivity contribution in [1.82, 2.24) is 0 Å². The van der Waals surface area contributed by atoms with Gasteiger partial charge < -0.3 is 15.2 Å². The Labute approximate surface area is 87.6 Å². The Morgan fingerprint density at radius 2 is 2.14 bits per heavy atom. The Hall–Kier alpha value is -0.710. The van der Waals surface area contributed by atoms with Gasteiger partial charge in [0.2, 0.25) is 0 Å². The highest BCUT2D eigenvalue weighted by Crippen LogP contribution is 2.21. The van der Waals surface area contributed by atoms with Crippen LogP contribution in [0.15, 0.2) is 29.2 Å². The number of nitrogens with two attached hydrogens (primary N) is 1. The number of benzene rings is 1. The molecule has 76 valence electrons. The highest BCUT2D eigenvalue weighted by Gasteiger charge is 2.15. The summed E-state index contributed by atoms with van der Waals surface area (Å²) in [5, 5.41) is 0. The van der Waals surface area contributed by atoms with Crippen LogP contribution in [0.1, 0.15) is 0 Å². The molecule has 0 saturated carbocycles. The molecule has 0 amide bonds. The van der Waals surface area contributed by atoms with Crippen LogP contribution in [0.3, 0.4) is 0 Å². The predicted molar refractivity (Wildman–Crippen MR) is 57.3 cm³/mol. The highest BCUT2D eigenvalue weighted by atomic mass is 32.2. The van der Waals surface area contributed by atoms with E-state index in [1.165, 1.54) is 4.90 Å². The van der Waals surface area contributed by atoms with Crippen LogP contribution in [0.25, 0.3) is 0 Å². The highest BCUT2D eigenvalue weighted by molar-refractivity contribution is 7.99. The smallest absolute Gasteiger partial charge is 0.147 e. The molecular formula is C10H13NO2S. The SMILES string of the molecule is Nc1ccc(SCC2COCO2)cc1. The molecule has 1 aliphatic heterocycles. The van der Waals surface area contributed by atoms with Crippen LogP contribution < -0.4 is 5.73 Å². The zero-order chi connectivity index (χ0) is 9.80. The van der Waals surface area contributed by atoms with Gasteiger partial charge in [0.05, 0.1) is 12.7 Å². The lowest BCUT2D eigenvalue weighted by molar-refractivity contribution is 0.0525. The molecule has 1 heterocycles. The van der Waals surface area contributed by atoms with Gasteiger partial charge in [-0.15, -0.1) is 11.8 Å². The second-order valence-electron chi connectivity index (χ2n) is 3.16. The number of hydrogen-bond acceptors (Lipinski definition) is 4. The van der Waals surface area contributed by atoms with Gasteiger partial charge in [0, 0.05) is 16.3 Å². The minimum Gasteiger partial charge on any atom is -0.399 e. The molecule has 1 atom stereocenters. The third kappa shape index (κ3) is 2.64. The molecule has 0 spiro atoms. The van der Waals surface area contributed by atoms with Crippen molar-refractivity contribution < 1.29 is 9.47 Å². The van der Waals surface area contributed by atoms with Crippen LogP contribution in [0.5, 0.6) is 0 Å². The molecule has 1 aromatic rings. The molecule has 0 bridgehead atoms. The molecule has 1 unspecified atom stereocenters. The van der Waals surface area contributed by atoms with Gasteiger partial charge in [0.1, 0.15) is 6.79 Å². The zero-order valence-corrected chi connectivity index (χ0v) is 8.63. The van der Waals surface area contributed by atoms with E-state index in [2.05, 4.69) is 0 Å². The monoisotopic (exact) mass is 211 g/mol.